The predicted molar refractivity (Wildman–Crippen MR) is 103 cm³/mol. The summed E-state index contributed by atoms with van der Waals surface area (Å²) in [7, 11) is 0. The topological polar surface area (TPSA) is 85.4 Å². The molecule has 0 fully saturated rings. The molecule has 0 aliphatic rings. The molecule has 0 aliphatic carbocycles. The van der Waals surface area contributed by atoms with Crippen LogP contribution in [0.2, 0.25) is 5.02 Å². The van der Waals surface area contributed by atoms with Crippen molar-refractivity contribution >= 4 is 51.5 Å². The molecule has 0 saturated heterocycles. The number of halogens is 2. The second-order valence-corrected chi connectivity index (χ2v) is 6.70. The Morgan fingerprint density at radius 2 is 1.96 bits per heavy atom. The summed E-state index contributed by atoms with van der Waals surface area (Å²) in [6, 6.07) is 14.5. The Kier molecular flexibility index (Phi) is 5.05. The number of furan rings is 1. The summed E-state index contributed by atoms with van der Waals surface area (Å²) < 4.78 is 6.54. The van der Waals surface area contributed by atoms with E-state index in [9.17, 15) is 14.9 Å². The number of nitro benzene ring substituents is 1. The summed E-state index contributed by atoms with van der Waals surface area (Å²) >= 11 is 8.23. The highest BCUT2D eigenvalue weighted by Crippen LogP contribution is 2.32. The molecule has 1 amide bonds. The molecule has 0 aliphatic heterocycles. The maximum absolute atomic E-state index is 12.3. The van der Waals surface area contributed by atoms with Crippen LogP contribution in [0, 0.1) is 13.7 Å². The van der Waals surface area contributed by atoms with Gasteiger partial charge in [0.1, 0.15) is 5.76 Å². The van der Waals surface area contributed by atoms with Gasteiger partial charge in [-0.25, -0.2) is 0 Å². The third-order valence-electron chi connectivity index (χ3n) is 3.34. The van der Waals surface area contributed by atoms with E-state index in [4.69, 9.17) is 16.0 Å². The number of hydrogen-bond acceptors (Lipinski definition) is 4. The fraction of sp³-hybridized carbons (Fsp3) is 0. The lowest BCUT2D eigenvalue weighted by Crippen LogP contribution is -2.10. The summed E-state index contributed by atoms with van der Waals surface area (Å²) in [5.74, 6) is 0.0715. The lowest BCUT2D eigenvalue weighted by Gasteiger charge is -2.04. The maximum Gasteiger partial charge on any atom is 0.291 e. The smallest absolute Gasteiger partial charge is 0.291 e. The number of benzene rings is 2. The zero-order valence-electron chi connectivity index (χ0n) is 12.5. The minimum absolute atomic E-state index is 0.114. The van der Waals surface area contributed by atoms with Crippen LogP contribution in [0.5, 0.6) is 0 Å². The lowest BCUT2D eigenvalue weighted by molar-refractivity contribution is -0.384. The van der Waals surface area contributed by atoms with Crippen LogP contribution >= 0.6 is 34.2 Å². The number of anilines is 1. The Morgan fingerprint density at radius 3 is 2.64 bits per heavy atom. The van der Waals surface area contributed by atoms with Crippen molar-refractivity contribution in [2.24, 2.45) is 0 Å². The number of rotatable bonds is 4. The normalized spacial score (nSPS) is 10.5. The number of carbonyl (C=O) groups is 1. The fourth-order valence-electron chi connectivity index (χ4n) is 2.18. The van der Waals surface area contributed by atoms with Crippen molar-refractivity contribution in [3.63, 3.8) is 0 Å². The van der Waals surface area contributed by atoms with Crippen molar-refractivity contribution in [3.8, 4) is 11.3 Å². The highest BCUT2D eigenvalue weighted by atomic mass is 127. The minimum Gasteiger partial charge on any atom is -0.451 e. The maximum atomic E-state index is 12.3. The largest absolute Gasteiger partial charge is 0.451 e. The molecule has 1 heterocycles. The molecular formula is C17H10ClIN2O4. The number of non-ortho nitro benzene ring substituents is 1. The van der Waals surface area contributed by atoms with E-state index in [2.05, 4.69) is 27.9 Å². The van der Waals surface area contributed by atoms with E-state index in [1.807, 2.05) is 18.2 Å². The van der Waals surface area contributed by atoms with Crippen molar-refractivity contribution in [3.05, 3.63) is 79.1 Å². The highest BCUT2D eigenvalue weighted by molar-refractivity contribution is 14.1. The van der Waals surface area contributed by atoms with Gasteiger partial charge in [-0.05, 0) is 59.0 Å². The van der Waals surface area contributed by atoms with E-state index in [0.717, 1.165) is 3.57 Å². The van der Waals surface area contributed by atoms with Gasteiger partial charge in [0.2, 0.25) is 0 Å². The van der Waals surface area contributed by atoms with Crippen LogP contribution in [0.3, 0.4) is 0 Å². The molecular weight excluding hydrogens is 459 g/mol. The van der Waals surface area contributed by atoms with Crippen LogP contribution in [0.15, 0.2) is 59.0 Å². The summed E-state index contributed by atoms with van der Waals surface area (Å²) in [5.41, 5.74) is 1.01. The molecule has 0 atom stereocenters. The van der Waals surface area contributed by atoms with E-state index < -0.39 is 10.8 Å². The molecule has 1 aromatic heterocycles. The van der Waals surface area contributed by atoms with E-state index >= 15 is 0 Å². The molecule has 3 rings (SSSR count). The first-order chi connectivity index (χ1) is 11.9. The number of nitro groups is 1. The van der Waals surface area contributed by atoms with Gasteiger partial charge >= 0.3 is 0 Å². The second-order valence-electron chi connectivity index (χ2n) is 5.05. The predicted octanol–water partition coefficient (Wildman–Crippen LogP) is 5.37. The molecule has 1 N–H and O–H groups in total. The Morgan fingerprint density at radius 1 is 1.16 bits per heavy atom. The Balaban J connectivity index is 1.82. The second kappa shape index (κ2) is 7.24. The average molecular weight is 469 g/mol. The molecule has 2 aromatic carbocycles. The molecule has 0 unspecified atom stereocenters. The van der Waals surface area contributed by atoms with Gasteiger partial charge in [0.25, 0.3) is 11.6 Å². The molecule has 25 heavy (non-hydrogen) atoms. The zero-order valence-corrected chi connectivity index (χ0v) is 15.4. The number of amides is 1. The minimum atomic E-state index is -0.530. The summed E-state index contributed by atoms with van der Waals surface area (Å²) in [5, 5.41) is 13.7. The van der Waals surface area contributed by atoms with Crippen molar-refractivity contribution in [1.82, 2.24) is 0 Å². The average Bonchev–Trinajstić information content (AvgIpc) is 3.04. The Hall–Kier alpha value is -2.39. The van der Waals surface area contributed by atoms with Gasteiger partial charge in [-0.1, -0.05) is 17.7 Å². The lowest BCUT2D eigenvalue weighted by atomic mass is 10.1. The van der Waals surface area contributed by atoms with Crippen molar-refractivity contribution in [2.45, 2.75) is 0 Å². The Labute approximate surface area is 161 Å². The first-order valence-electron chi connectivity index (χ1n) is 7.05. The van der Waals surface area contributed by atoms with E-state index in [1.165, 1.54) is 24.3 Å². The van der Waals surface area contributed by atoms with Gasteiger partial charge in [-0.15, -0.1) is 0 Å². The molecule has 3 aromatic rings. The van der Waals surface area contributed by atoms with Gasteiger partial charge in [0.15, 0.2) is 5.76 Å². The fourth-order valence-corrected chi connectivity index (χ4v) is 2.99. The van der Waals surface area contributed by atoms with Crippen molar-refractivity contribution in [2.75, 3.05) is 5.32 Å². The van der Waals surface area contributed by atoms with E-state index in [0.29, 0.717) is 17.0 Å². The SMILES string of the molecule is O=C(Nc1cccc(I)c1)c1ccc(-c2ccc([N+](=O)[O-])cc2Cl)o1. The molecule has 126 valence electrons. The molecule has 0 radical (unpaired) electrons. The zero-order chi connectivity index (χ0) is 18.0. The molecule has 0 spiro atoms. The number of hydrogen-bond donors (Lipinski definition) is 1. The number of nitrogens with zero attached hydrogens (tertiary/aromatic N) is 1. The van der Waals surface area contributed by atoms with E-state index in [-0.39, 0.29) is 16.5 Å². The highest BCUT2D eigenvalue weighted by Gasteiger charge is 2.16. The van der Waals surface area contributed by atoms with Crippen molar-refractivity contribution in [1.29, 1.82) is 0 Å². The molecule has 0 saturated carbocycles. The molecule has 8 heteroatoms. The third-order valence-corrected chi connectivity index (χ3v) is 4.32. The van der Waals surface area contributed by atoms with Gasteiger partial charge in [-0.3, -0.25) is 14.9 Å². The van der Waals surface area contributed by atoms with Gasteiger partial charge in [-0.2, -0.15) is 0 Å². The summed E-state index contributed by atoms with van der Waals surface area (Å²) in [6.45, 7) is 0. The van der Waals surface area contributed by atoms with E-state index in [1.54, 1.807) is 12.1 Å². The first kappa shape index (κ1) is 17.4. The molecule has 0 bridgehead atoms. The van der Waals surface area contributed by atoms with Gasteiger partial charge < -0.3 is 9.73 Å². The van der Waals surface area contributed by atoms with Gasteiger partial charge in [0, 0.05) is 27.0 Å². The number of carbonyl (C=O) groups excluding carboxylic acids is 1. The quantitative estimate of drug-likeness (QED) is 0.317. The Bertz CT molecular complexity index is 971. The standard InChI is InChI=1S/C17H10ClIN2O4/c18-14-9-12(21(23)24)4-5-13(14)15-6-7-16(25-15)17(22)20-11-3-1-2-10(19)8-11/h1-9H,(H,20,22). The van der Waals surface area contributed by atoms with Crippen LogP contribution in [-0.4, -0.2) is 10.8 Å². The summed E-state index contributed by atoms with van der Waals surface area (Å²) in [6.07, 6.45) is 0. The van der Waals surface area contributed by atoms with Crippen LogP contribution < -0.4 is 5.32 Å². The summed E-state index contributed by atoms with van der Waals surface area (Å²) in [4.78, 5) is 22.5. The van der Waals surface area contributed by atoms with Gasteiger partial charge in [0.05, 0.1) is 9.95 Å². The third kappa shape index (κ3) is 3.99. The van der Waals surface area contributed by atoms with Crippen LogP contribution in [0.1, 0.15) is 10.6 Å². The number of nitrogens with one attached hydrogen (secondary N) is 1. The first-order valence-corrected chi connectivity index (χ1v) is 8.51. The van der Waals surface area contributed by atoms with Crippen LogP contribution in [0.25, 0.3) is 11.3 Å². The van der Waals surface area contributed by atoms with Crippen molar-refractivity contribution < 1.29 is 14.1 Å². The van der Waals surface area contributed by atoms with Crippen LogP contribution in [-0.2, 0) is 0 Å². The monoisotopic (exact) mass is 468 g/mol. The van der Waals surface area contributed by atoms with Crippen LogP contribution in [0.4, 0.5) is 11.4 Å². The molecule has 6 nitrogen and oxygen atoms in total.